The largest absolute Gasteiger partial charge is 0.462 e. The monoisotopic (exact) mass is 853 g/mol. The highest BCUT2D eigenvalue weighted by atomic mass is 16.7. The predicted octanol–water partition coefficient (Wildman–Crippen LogP) is 6.00. The zero-order valence-electron chi connectivity index (χ0n) is 37.7. The van der Waals surface area contributed by atoms with Crippen LogP contribution in [0.5, 0.6) is 0 Å². The Morgan fingerprint density at radius 2 is 1.80 bits per heavy atom. The maximum Gasteiger partial charge on any atom is 0.323 e. The fraction of sp³-hybridized carbons (Fsp3) is 0.750. The number of aliphatic hydroxyl groups is 1. The summed E-state index contributed by atoms with van der Waals surface area (Å²) >= 11 is 0. The predicted molar refractivity (Wildman–Crippen MR) is 227 cm³/mol. The van der Waals surface area contributed by atoms with Gasteiger partial charge in [-0.2, -0.15) is 0 Å². The molecule has 340 valence electrons. The molecule has 4 fully saturated rings. The van der Waals surface area contributed by atoms with Gasteiger partial charge in [0.25, 0.3) is 0 Å². The van der Waals surface area contributed by atoms with E-state index in [1.165, 1.54) is 0 Å². The maximum atomic E-state index is 14.3. The van der Waals surface area contributed by atoms with Gasteiger partial charge < -0.3 is 47.7 Å². The van der Waals surface area contributed by atoms with Crippen molar-refractivity contribution in [2.45, 2.75) is 161 Å². The van der Waals surface area contributed by atoms with Crippen molar-refractivity contribution in [3.05, 3.63) is 59.3 Å². The van der Waals surface area contributed by atoms with Gasteiger partial charge >= 0.3 is 11.9 Å². The summed E-state index contributed by atoms with van der Waals surface area (Å²) in [6.07, 6.45) is 12.3. The lowest BCUT2D eigenvalue weighted by molar-refractivity contribution is -0.300. The van der Waals surface area contributed by atoms with E-state index in [4.69, 9.17) is 42.6 Å². The van der Waals surface area contributed by atoms with Crippen LogP contribution in [0.2, 0.25) is 0 Å². The number of morpholine rings is 1. The van der Waals surface area contributed by atoms with Gasteiger partial charge in [0.05, 0.1) is 56.3 Å². The number of nitrogens with zero attached hydrogens (tertiary/aromatic N) is 1. The standard InChI is InChI=1S/C48H71NO12/c1-10-27(2)43-30(5)16-17-48(61-43)25-36-23-35(60-48)15-14-29(4)42(28(3)12-11-13-34-26-55-45-40(34)37(47(52)57-36)22-31(6)41(45)50)58-39-24-38(53-9)44(33(8)56-39)59-46(51)32(7)49-18-20-54-21-19-49/h11-14,16-17,22,27-28,30,32-33,35-45,50H,10,15,18-21,23-26H2,1-9H3/b12-11+,29-14+,34-13+/t27?,28-,30-,32?,33?,35+,36-,37?,38?,39?,40?,41+,42-,43+,44?,45?,48?/m0/s1. The van der Waals surface area contributed by atoms with Gasteiger partial charge in [0.1, 0.15) is 24.4 Å². The number of allylic oxidation sites excluding steroid dienone is 2. The van der Waals surface area contributed by atoms with Crippen molar-refractivity contribution in [2.75, 3.05) is 40.0 Å². The van der Waals surface area contributed by atoms with E-state index in [0.717, 1.165) is 17.6 Å². The Kier molecular flexibility index (Phi) is 15.2. The van der Waals surface area contributed by atoms with Crippen molar-refractivity contribution in [3.8, 4) is 0 Å². The Balaban J connectivity index is 1.16. The van der Waals surface area contributed by atoms with Crippen LogP contribution in [0.1, 0.15) is 87.5 Å². The quantitative estimate of drug-likeness (QED) is 0.226. The van der Waals surface area contributed by atoms with Gasteiger partial charge in [-0.3, -0.25) is 14.5 Å². The number of ether oxygens (including phenoxy) is 9. The van der Waals surface area contributed by atoms with Crippen LogP contribution in [-0.2, 0) is 52.2 Å². The summed E-state index contributed by atoms with van der Waals surface area (Å²) in [7, 11) is 1.63. The topological polar surface area (TPSA) is 141 Å². The van der Waals surface area contributed by atoms with Crippen LogP contribution in [0.15, 0.2) is 59.3 Å². The normalized spacial score (nSPS) is 44.4. The molecular formula is C48H71NO12. The van der Waals surface area contributed by atoms with Crippen molar-refractivity contribution in [3.63, 3.8) is 0 Å². The molecule has 0 aromatic heterocycles. The van der Waals surface area contributed by atoms with Crippen molar-refractivity contribution in [1.29, 1.82) is 0 Å². The van der Waals surface area contributed by atoms with Gasteiger partial charge in [-0.15, -0.1) is 0 Å². The van der Waals surface area contributed by atoms with Crippen LogP contribution >= 0.6 is 0 Å². The van der Waals surface area contributed by atoms with E-state index in [9.17, 15) is 14.7 Å². The van der Waals surface area contributed by atoms with Crippen LogP contribution in [0.25, 0.3) is 0 Å². The molecule has 1 N–H and O–H groups in total. The first-order chi connectivity index (χ1) is 29.2. The van der Waals surface area contributed by atoms with Crippen LogP contribution in [0.3, 0.4) is 0 Å². The third kappa shape index (κ3) is 10.3. The highest BCUT2D eigenvalue weighted by molar-refractivity contribution is 5.77. The van der Waals surface area contributed by atoms with E-state index in [1.54, 1.807) is 7.11 Å². The molecule has 0 aromatic rings. The number of fused-ring (bicyclic) bond motifs is 2. The molecule has 13 nitrogen and oxygen atoms in total. The van der Waals surface area contributed by atoms with Crippen molar-refractivity contribution in [2.24, 2.45) is 29.6 Å². The smallest absolute Gasteiger partial charge is 0.323 e. The second-order valence-corrected chi connectivity index (χ2v) is 18.7. The number of esters is 2. The Hall–Kier alpha value is -2.72. The summed E-state index contributed by atoms with van der Waals surface area (Å²) < 4.78 is 57.4. The number of hydrogen-bond donors (Lipinski definition) is 1. The minimum Gasteiger partial charge on any atom is -0.462 e. The zero-order valence-corrected chi connectivity index (χ0v) is 37.7. The van der Waals surface area contributed by atoms with E-state index in [1.807, 2.05) is 45.1 Å². The second-order valence-electron chi connectivity index (χ2n) is 18.7. The molecule has 2 bridgehead atoms. The van der Waals surface area contributed by atoms with Crippen LogP contribution in [0.4, 0.5) is 0 Å². The van der Waals surface area contributed by atoms with Crippen LogP contribution < -0.4 is 0 Å². The van der Waals surface area contributed by atoms with E-state index in [0.29, 0.717) is 70.1 Å². The van der Waals surface area contributed by atoms with Crippen molar-refractivity contribution >= 4 is 11.9 Å². The molecule has 7 aliphatic rings. The third-order valence-corrected chi connectivity index (χ3v) is 14.3. The Morgan fingerprint density at radius 1 is 1.03 bits per heavy atom. The first-order valence-corrected chi connectivity index (χ1v) is 22.8. The van der Waals surface area contributed by atoms with E-state index in [-0.39, 0.29) is 41.9 Å². The average molecular weight is 854 g/mol. The van der Waals surface area contributed by atoms with Crippen LogP contribution in [0, 0.1) is 29.6 Å². The Bertz CT molecular complexity index is 1700. The Morgan fingerprint density at radius 3 is 2.54 bits per heavy atom. The van der Waals surface area contributed by atoms with E-state index >= 15 is 0 Å². The van der Waals surface area contributed by atoms with Gasteiger partial charge in [-0.05, 0) is 62.8 Å². The molecule has 7 rings (SSSR count). The molecule has 0 saturated carbocycles. The number of methoxy groups -OCH3 is 1. The molecule has 61 heavy (non-hydrogen) atoms. The fourth-order valence-corrected chi connectivity index (χ4v) is 10.4. The molecule has 1 aliphatic carbocycles. The molecule has 0 amide bonds. The molecular weight excluding hydrogens is 783 g/mol. The van der Waals surface area contributed by atoms with Gasteiger partial charge in [0.15, 0.2) is 18.2 Å². The Labute approximate surface area is 362 Å². The number of aliphatic hydroxyl groups excluding tert-OH is 1. The van der Waals surface area contributed by atoms with E-state index in [2.05, 4.69) is 57.7 Å². The SMILES string of the molecule is CCC(C)[C@H]1OC2(C=C[C@@H]1C)C[C@@H]1C[C@@H](C/C=C(\C)[C@@H](OC3CC(OC)C(OC(=O)C(C)N4CCOCC4)C(C)O3)[C@@H](C)/C=C/C=C3\COC4C3C(C=C(C)[C@H]4O)C(=O)O1)O2. The minimum absolute atomic E-state index is 0.0507. The molecule has 0 radical (unpaired) electrons. The number of carbonyl (C=O) groups is 2. The first kappa shape index (κ1) is 46.3. The van der Waals surface area contributed by atoms with Crippen molar-refractivity contribution in [1.82, 2.24) is 4.90 Å². The average Bonchev–Trinajstić information content (AvgIpc) is 3.68. The van der Waals surface area contributed by atoms with Crippen LogP contribution in [-0.4, -0.2) is 135 Å². The van der Waals surface area contributed by atoms with Gasteiger partial charge in [-0.1, -0.05) is 70.6 Å². The molecule has 6 aliphatic heterocycles. The lowest BCUT2D eigenvalue weighted by atomic mass is 9.75. The first-order valence-electron chi connectivity index (χ1n) is 22.8. The van der Waals surface area contributed by atoms with Gasteiger partial charge in [-0.25, -0.2) is 0 Å². The number of hydrogen-bond acceptors (Lipinski definition) is 13. The van der Waals surface area contributed by atoms with Crippen molar-refractivity contribution < 1.29 is 57.3 Å². The van der Waals surface area contributed by atoms with Gasteiger partial charge in [0.2, 0.25) is 0 Å². The number of rotatable bonds is 8. The fourth-order valence-electron chi connectivity index (χ4n) is 10.4. The summed E-state index contributed by atoms with van der Waals surface area (Å²) in [6, 6.07) is -0.413. The lowest BCUT2D eigenvalue weighted by Gasteiger charge is -2.48. The molecule has 0 aromatic carbocycles. The second kappa shape index (κ2) is 20.0. The third-order valence-electron chi connectivity index (χ3n) is 14.3. The van der Waals surface area contributed by atoms with Gasteiger partial charge in [0, 0.05) is 57.2 Å². The molecule has 10 unspecified atom stereocenters. The summed E-state index contributed by atoms with van der Waals surface area (Å²) in [5.41, 5.74) is 2.63. The minimum atomic E-state index is -1.05. The lowest BCUT2D eigenvalue weighted by Crippen LogP contribution is -2.54. The highest BCUT2D eigenvalue weighted by Crippen LogP contribution is 2.45. The summed E-state index contributed by atoms with van der Waals surface area (Å²) in [5, 5.41) is 11.2. The van der Waals surface area contributed by atoms with E-state index < -0.39 is 66.8 Å². The maximum absolute atomic E-state index is 14.3. The molecule has 13 heteroatoms. The number of carbonyl (C=O) groups excluding carboxylic acids is 2. The summed E-state index contributed by atoms with van der Waals surface area (Å²) in [5.74, 6) is -2.27. The summed E-state index contributed by atoms with van der Waals surface area (Å²) in [6.45, 7) is 19.2. The molecule has 4 saturated heterocycles. The molecule has 17 atom stereocenters. The molecule has 1 spiro atoms. The summed E-state index contributed by atoms with van der Waals surface area (Å²) in [4.78, 5) is 29.7. The highest BCUT2D eigenvalue weighted by Gasteiger charge is 2.51. The molecule has 6 heterocycles. The zero-order chi connectivity index (χ0) is 43.6.